The fraction of sp³-hybridized carbons (Fsp3) is 0. The number of furan rings is 2. The highest BCUT2D eigenvalue weighted by Crippen LogP contribution is 2.45. The zero-order chi connectivity index (χ0) is 54.3. The number of fused-ring (bicyclic) bond motifs is 16. The van der Waals surface area contributed by atoms with Gasteiger partial charge in [-0.3, -0.25) is 0 Å². The summed E-state index contributed by atoms with van der Waals surface area (Å²) in [5, 5.41) is 11.5. The number of nitrogens with zero attached hydrogens (tertiary/aromatic N) is 3. The monoisotopic (exact) mass is 1060 g/mol. The van der Waals surface area contributed by atoms with Crippen LogP contribution in [0.5, 0.6) is 0 Å². The van der Waals surface area contributed by atoms with Crippen molar-refractivity contribution in [3.05, 3.63) is 285 Å². The maximum absolute atomic E-state index is 6.70. The van der Waals surface area contributed by atoms with Crippen LogP contribution in [-0.4, -0.2) is 13.7 Å². The summed E-state index contributed by atoms with van der Waals surface area (Å²) < 4.78 is 20.6. The molecule has 18 rings (SSSR count). The van der Waals surface area contributed by atoms with Gasteiger partial charge in [-0.15, -0.1) is 0 Å². The second-order valence-corrected chi connectivity index (χ2v) is 22.0. The van der Waals surface area contributed by atoms with E-state index in [0.29, 0.717) is 0 Å². The second kappa shape index (κ2) is 17.7. The Hall–Kier alpha value is -11.1. The van der Waals surface area contributed by atoms with Gasteiger partial charge in [0.1, 0.15) is 16.7 Å². The Morgan fingerprint density at radius 2 is 0.614 bits per heavy atom. The van der Waals surface area contributed by atoms with Gasteiger partial charge in [-0.2, -0.15) is 0 Å². The highest BCUT2D eigenvalue weighted by molar-refractivity contribution is 6.23. The quantitative estimate of drug-likeness (QED) is 0.160. The molecule has 0 saturated carbocycles. The molecule has 0 bridgehead atoms. The summed E-state index contributed by atoms with van der Waals surface area (Å²) in [4.78, 5) is 0. The van der Waals surface area contributed by atoms with E-state index in [9.17, 15) is 0 Å². The molecule has 0 atom stereocenters. The Morgan fingerprint density at radius 3 is 1.23 bits per heavy atom. The topological polar surface area (TPSA) is 41.1 Å². The molecule has 5 heterocycles. The lowest BCUT2D eigenvalue weighted by atomic mass is 9.98. The predicted molar refractivity (Wildman–Crippen MR) is 346 cm³/mol. The van der Waals surface area contributed by atoms with Crippen molar-refractivity contribution in [2.45, 2.75) is 0 Å². The molecule has 0 radical (unpaired) electrons. The Labute approximate surface area is 475 Å². The standard InChI is InChI=1S/C78H47N3O2/c1-5-17-48(18-6-1)54-39-55(49-19-7-2-8-20-49)41-58(40-54)80-70-35-29-51(43-64(70)66-47-72-65(46-73(66)80)59-25-13-15-27-69(59)79(72)56-21-9-3-10-22-56)53-32-38-76-68(45-53)67-44-52(31-37-75(67)82-76)50-30-36-71-63(42-50)61-33-34-62-60-26-14-16-28-74(60)83-78(62)77(61)81(71)57-23-11-4-12-24-57/h1-47H. The highest BCUT2D eigenvalue weighted by Gasteiger charge is 2.23. The van der Waals surface area contributed by atoms with E-state index in [0.717, 1.165) is 111 Å². The van der Waals surface area contributed by atoms with Crippen LogP contribution in [0.1, 0.15) is 0 Å². The first kappa shape index (κ1) is 45.7. The van der Waals surface area contributed by atoms with Gasteiger partial charge in [0.25, 0.3) is 0 Å². The fourth-order valence-corrected chi connectivity index (χ4v) is 13.6. The first-order valence-corrected chi connectivity index (χ1v) is 28.4. The Morgan fingerprint density at radius 1 is 0.193 bits per heavy atom. The summed E-state index contributed by atoms with van der Waals surface area (Å²) in [6, 6.07) is 104. The molecule has 0 aliphatic carbocycles. The van der Waals surface area contributed by atoms with Crippen LogP contribution in [0.25, 0.3) is 171 Å². The highest BCUT2D eigenvalue weighted by atomic mass is 16.3. The largest absolute Gasteiger partial charge is 0.456 e. The summed E-state index contributed by atoms with van der Waals surface area (Å²) in [7, 11) is 0. The predicted octanol–water partition coefficient (Wildman–Crippen LogP) is 21.4. The van der Waals surface area contributed by atoms with Crippen LogP contribution in [0, 0.1) is 0 Å². The lowest BCUT2D eigenvalue weighted by molar-refractivity contribution is 0.669. The van der Waals surface area contributed by atoms with Crippen LogP contribution in [0.3, 0.4) is 0 Å². The summed E-state index contributed by atoms with van der Waals surface area (Å²) >= 11 is 0. The van der Waals surface area contributed by atoms with E-state index in [1.54, 1.807) is 0 Å². The SMILES string of the molecule is c1ccc(-c2cc(-c3ccccc3)cc(-n3c4ccc(-c5ccc6oc7ccc(-c8ccc9c(c8)c8ccc%10c%11ccccc%11oc%10c8n9-c8ccccc8)cc7c6c5)cc4c4cc5c(cc43)c3ccccc3n5-c3ccccc3)c2)cc1. The molecule has 0 saturated heterocycles. The molecule has 5 nitrogen and oxygen atoms in total. The van der Waals surface area contributed by atoms with E-state index < -0.39 is 0 Å². The summed E-state index contributed by atoms with van der Waals surface area (Å²) in [5.41, 5.74) is 22.9. The minimum atomic E-state index is 0.860. The number of para-hydroxylation sites is 4. The van der Waals surface area contributed by atoms with Gasteiger partial charge >= 0.3 is 0 Å². The maximum atomic E-state index is 6.70. The van der Waals surface area contributed by atoms with Crippen molar-refractivity contribution in [1.82, 2.24) is 13.7 Å². The van der Waals surface area contributed by atoms with Crippen molar-refractivity contribution < 1.29 is 8.83 Å². The smallest absolute Gasteiger partial charge is 0.160 e. The Kier molecular flexibility index (Phi) is 9.73. The van der Waals surface area contributed by atoms with Crippen LogP contribution in [0.2, 0.25) is 0 Å². The van der Waals surface area contributed by atoms with E-state index in [-0.39, 0.29) is 0 Å². The van der Waals surface area contributed by atoms with Crippen LogP contribution in [-0.2, 0) is 0 Å². The minimum absolute atomic E-state index is 0.860. The zero-order valence-electron chi connectivity index (χ0n) is 44.8. The van der Waals surface area contributed by atoms with E-state index >= 15 is 0 Å². The molecule has 0 spiro atoms. The van der Waals surface area contributed by atoms with Crippen LogP contribution >= 0.6 is 0 Å². The number of benzene rings is 13. The lowest BCUT2D eigenvalue weighted by Gasteiger charge is -2.14. The molecule has 83 heavy (non-hydrogen) atoms. The van der Waals surface area contributed by atoms with Crippen molar-refractivity contribution in [2.75, 3.05) is 0 Å². The molecular weight excluding hydrogens is 1010 g/mol. The van der Waals surface area contributed by atoms with Crippen LogP contribution in [0.4, 0.5) is 0 Å². The maximum Gasteiger partial charge on any atom is 0.160 e. The zero-order valence-corrected chi connectivity index (χ0v) is 44.8. The van der Waals surface area contributed by atoms with Gasteiger partial charge in [-0.25, -0.2) is 0 Å². The molecule has 18 aromatic rings. The number of rotatable bonds is 7. The molecule has 5 aromatic heterocycles. The average molecular weight is 1060 g/mol. The Bertz CT molecular complexity index is 5610. The second-order valence-electron chi connectivity index (χ2n) is 22.0. The molecular formula is C78H47N3O2. The third-order valence-corrected chi connectivity index (χ3v) is 17.4. The van der Waals surface area contributed by atoms with Crippen LogP contribution in [0.15, 0.2) is 294 Å². The Balaban J connectivity index is 0.822. The minimum Gasteiger partial charge on any atom is -0.456 e. The molecule has 0 amide bonds. The van der Waals surface area contributed by atoms with Gasteiger partial charge in [0.05, 0.1) is 33.1 Å². The molecule has 0 fully saturated rings. The van der Waals surface area contributed by atoms with Crippen molar-refractivity contribution in [2.24, 2.45) is 0 Å². The summed E-state index contributed by atoms with van der Waals surface area (Å²) in [6.07, 6.45) is 0. The van der Waals surface area contributed by atoms with E-state index in [4.69, 9.17) is 8.83 Å². The van der Waals surface area contributed by atoms with Gasteiger partial charge in [0.2, 0.25) is 0 Å². The molecule has 13 aromatic carbocycles. The first-order valence-electron chi connectivity index (χ1n) is 28.4. The van der Waals surface area contributed by atoms with Gasteiger partial charge in [-0.05, 0) is 166 Å². The van der Waals surface area contributed by atoms with E-state index in [1.807, 2.05) is 6.07 Å². The molecule has 0 unspecified atom stereocenters. The van der Waals surface area contributed by atoms with Crippen LogP contribution < -0.4 is 0 Å². The molecule has 0 aliphatic rings. The summed E-state index contributed by atoms with van der Waals surface area (Å²) in [6.45, 7) is 0. The van der Waals surface area contributed by atoms with Crippen molar-refractivity contribution in [3.8, 4) is 61.6 Å². The average Bonchev–Trinajstić information content (AvgIpc) is 3.36. The van der Waals surface area contributed by atoms with Gasteiger partial charge in [0.15, 0.2) is 5.58 Å². The normalized spacial score (nSPS) is 12.1. The van der Waals surface area contributed by atoms with E-state index in [1.165, 1.54) is 60.2 Å². The van der Waals surface area contributed by atoms with Gasteiger partial charge in [-0.1, -0.05) is 164 Å². The number of hydrogen-bond acceptors (Lipinski definition) is 2. The molecule has 0 aliphatic heterocycles. The molecule has 386 valence electrons. The summed E-state index contributed by atoms with van der Waals surface area (Å²) in [5.74, 6) is 0. The van der Waals surface area contributed by atoms with Gasteiger partial charge in [0, 0.05) is 70.9 Å². The number of aromatic nitrogens is 3. The van der Waals surface area contributed by atoms with Crippen molar-refractivity contribution in [1.29, 1.82) is 0 Å². The van der Waals surface area contributed by atoms with E-state index in [2.05, 4.69) is 293 Å². The third kappa shape index (κ3) is 6.95. The fourth-order valence-electron chi connectivity index (χ4n) is 13.6. The molecule has 5 heteroatoms. The third-order valence-electron chi connectivity index (χ3n) is 17.4. The van der Waals surface area contributed by atoms with Gasteiger partial charge < -0.3 is 22.5 Å². The molecule has 0 N–H and O–H groups in total. The first-order chi connectivity index (χ1) is 41.1. The number of hydrogen-bond donors (Lipinski definition) is 0. The van der Waals surface area contributed by atoms with Crippen molar-refractivity contribution in [3.63, 3.8) is 0 Å². The van der Waals surface area contributed by atoms with Crippen molar-refractivity contribution >= 4 is 109 Å². The lowest BCUT2D eigenvalue weighted by Crippen LogP contribution is -1.96.